The number of carbonyl (C=O) groups is 1. The highest BCUT2D eigenvalue weighted by Crippen LogP contribution is 2.42. The minimum atomic E-state index is -1.97. The number of hydrogen-bond acceptors (Lipinski definition) is 2. The number of carboxylic acids is 1. The third-order valence-electron chi connectivity index (χ3n) is 5.89. The van der Waals surface area contributed by atoms with Crippen molar-refractivity contribution in [3.8, 4) is 11.1 Å². The summed E-state index contributed by atoms with van der Waals surface area (Å²) in [4.78, 5) is 12.1. The lowest BCUT2D eigenvalue weighted by Gasteiger charge is -2.35. The zero-order chi connectivity index (χ0) is 19.8. The predicted molar refractivity (Wildman–Crippen MR) is 112 cm³/mol. The largest absolute Gasteiger partial charge is 0.549 e. The maximum absolute atomic E-state index is 12.1. The Bertz CT molecular complexity index is 891. The second-order valence-electron chi connectivity index (χ2n) is 8.74. The van der Waals surface area contributed by atoms with Crippen LogP contribution in [0.3, 0.4) is 0 Å². The molecule has 1 N–H and O–H groups in total. The molecule has 142 valence electrons. The van der Waals surface area contributed by atoms with E-state index in [0.717, 1.165) is 23.1 Å². The molecule has 2 aromatic rings. The number of hydrogen-bond donors (Lipinski definition) is 1. The summed E-state index contributed by atoms with van der Waals surface area (Å²) in [6, 6.07) is 14.2. The molecule has 0 amide bonds. The Hall–Kier alpha value is -2.33. The lowest BCUT2D eigenvalue weighted by Crippen LogP contribution is -2.39. The van der Waals surface area contributed by atoms with Crippen molar-refractivity contribution in [2.45, 2.75) is 51.2 Å². The second-order valence-corrected chi connectivity index (χ2v) is 13.5. The molecule has 0 aromatic heterocycles. The van der Waals surface area contributed by atoms with Crippen molar-refractivity contribution in [2.75, 3.05) is 0 Å². The highest BCUT2D eigenvalue weighted by Gasteiger charge is 2.38. The van der Waals surface area contributed by atoms with Gasteiger partial charge in [-0.3, -0.25) is 4.79 Å². The summed E-state index contributed by atoms with van der Waals surface area (Å²) in [6.45, 7) is 10.8. The number of fused-ring (bicyclic) bond motifs is 3. The molecule has 0 aliphatic heterocycles. The Morgan fingerprint density at radius 3 is 2.44 bits per heavy atom. The van der Waals surface area contributed by atoms with Gasteiger partial charge in [0.25, 0.3) is 0 Å². The molecular formula is C23H28O3Si. The van der Waals surface area contributed by atoms with Gasteiger partial charge in [0, 0.05) is 0 Å². The van der Waals surface area contributed by atoms with Crippen LogP contribution in [0.1, 0.15) is 43.4 Å². The molecule has 0 saturated carbocycles. The molecule has 1 aliphatic carbocycles. The average Bonchev–Trinajstić information content (AvgIpc) is 2.96. The molecule has 0 bridgehead atoms. The number of benzene rings is 2. The van der Waals surface area contributed by atoms with Crippen molar-refractivity contribution in [1.82, 2.24) is 0 Å². The highest BCUT2D eigenvalue weighted by molar-refractivity contribution is 6.74. The summed E-state index contributed by atoms with van der Waals surface area (Å²) in [5, 5.41) is 9.97. The third-order valence-corrected chi connectivity index (χ3v) is 10.2. The lowest BCUT2D eigenvalue weighted by atomic mass is 9.90. The summed E-state index contributed by atoms with van der Waals surface area (Å²) in [5.74, 6) is -1.58. The van der Waals surface area contributed by atoms with Crippen LogP contribution in [-0.2, 0) is 15.6 Å². The molecule has 0 saturated heterocycles. The van der Waals surface area contributed by atoms with Crippen molar-refractivity contribution >= 4 is 14.3 Å². The molecular weight excluding hydrogens is 352 g/mol. The van der Waals surface area contributed by atoms with Crippen LogP contribution < -0.4 is 0 Å². The zero-order valence-corrected chi connectivity index (χ0v) is 17.7. The van der Waals surface area contributed by atoms with Gasteiger partial charge < -0.3 is 9.53 Å². The molecule has 27 heavy (non-hydrogen) atoms. The van der Waals surface area contributed by atoms with Crippen molar-refractivity contribution in [3.63, 3.8) is 0 Å². The fraction of sp³-hybridized carbons (Fsp3) is 0.348. The molecule has 3 rings (SSSR count). The van der Waals surface area contributed by atoms with Crippen LogP contribution in [0.2, 0.25) is 18.1 Å². The van der Waals surface area contributed by atoms with Crippen LogP contribution >= 0.6 is 0 Å². The monoisotopic (exact) mass is 380 g/mol. The summed E-state index contributed by atoms with van der Waals surface area (Å²) in [6.07, 6.45) is 4.17. The van der Waals surface area contributed by atoms with E-state index >= 15 is 0 Å². The molecule has 4 heteroatoms. The minimum absolute atomic E-state index is 0.0724. The van der Waals surface area contributed by atoms with Gasteiger partial charge in [0.1, 0.15) is 5.92 Å². The minimum Gasteiger partial charge on any atom is -0.549 e. The van der Waals surface area contributed by atoms with E-state index in [-0.39, 0.29) is 5.04 Å². The quantitative estimate of drug-likeness (QED) is 0.439. The summed E-state index contributed by atoms with van der Waals surface area (Å²) in [7, 11) is -1.97. The van der Waals surface area contributed by atoms with E-state index in [1.807, 2.05) is 24.3 Å². The first kappa shape index (κ1) is 19.4. The maximum atomic E-state index is 12.1. The van der Waals surface area contributed by atoms with E-state index < -0.39 is 20.2 Å². The van der Waals surface area contributed by atoms with Gasteiger partial charge in [-0.05, 0) is 58.4 Å². The Balaban J connectivity index is 1.96. The van der Waals surface area contributed by atoms with E-state index in [1.54, 1.807) is 12.3 Å². The van der Waals surface area contributed by atoms with Gasteiger partial charge in [0.2, 0.25) is 8.32 Å². The molecule has 0 radical (unpaired) electrons. The summed E-state index contributed by atoms with van der Waals surface area (Å²) < 4.78 is 6.08. The van der Waals surface area contributed by atoms with Gasteiger partial charge in [-0.25, -0.2) is 0 Å². The van der Waals surface area contributed by atoms with Crippen LogP contribution in [0, 0.1) is 0 Å². The van der Waals surface area contributed by atoms with Gasteiger partial charge in [-0.2, -0.15) is 0 Å². The average molecular weight is 381 g/mol. The number of rotatable bonds is 5. The Kier molecular flexibility index (Phi) is 5.04. The lowest BCUT2D eigenvalue weighted by molar-refractivity contribution is -0.137. The van der Waals surface area contributed by atoms with Crippen molar-refractivity contribution in [3.05, 3.63) is 71.5 Å². The zero-order valence-electron chi connectivity index (χ0n) is 16.7. The van der Waals surface area contributed by atoms with Gasteiger partial charge in [-0.15, -0.1) is 0 Å². The van der Waals surface area contributed by atoms with Crippen LogP contribution in [0.25, 0.3) is 11.1 Å². The van der Waals surface area contributed by atoms with Crippen LogP contribution in [-0.4, -0.2) is 19.4 Å². The number of aliphatic carboxylic acids is 1. The fourth-order valence-corrected chi connectivity index (χ4v) is 4.03. The standard InChI is InChI=1S/C23H28O3Si/c1-23(2,3)27(4,5)26-14-13-20(22(24)25)19-12-8-10-17-15-16-9-6-7-11-18(16)21(17)19/h6-14,20H,15H2,1-5H3,(H,24,25)/b14-13-. The first-order valence-electron chi connectivity index (χ1n) is 9.39. The molecule has 0 heterocycles. The predicted octanol–water partition coefficient (Wildman–Crippen LogP) is 5.96. The Morgan fingerprint density at radius 2 is 1.78 bits per heavy atom. The van der Waals surface area contributed by atoms with Crippen molar-refractivity contribution in [1.29, 1.82) is 0 Å². The maximum Gasteiger partial charge on any atom is 0.315 e. The molecule has 1 unspecified atom stereocenters. The Labute approximate surface area is 162 Å². The Morgan fingerprint density at radius 1 is 1.11 bits per heavy atom. The third kappa shape index (κ3) is 3.72. The summed E-state index contributed by atoms with van der Waals surface area (Å²) >= 11 is 0. The summed E-state index contributed by atoms with van der Waals surface area (Å²) in [5.41, 5.74) is 5.50. The van der Waals surface area contributed by atoms with Crippen molar-refractivity contribution < 1.29 is 14.3 Å². The number of carboxylic acid groups (broad SMARTS) is 1. The van der Waals surface area contributed by atoms with E-state index in [1.165, 1.54) is 11.1 Å². The molecule has 2 aromatic carbocycles. The molecule has 0 spiro atoms. The first-order chi connectivity index (χ1) is 12.6. The topological polar surface area (TPSA) is 46.5 Å². The van der Waals surface area contributed by atoms with E-state index in [0.29, 0.717) is 0 Å². The smallest absolute Gasteiger partial charge is 0.315 e. The highest BCUT2D eigenvalue weighted by atomic mass is 28.4. The second kappa shape index (κ2) is 7.00. The molecule has 1 atom stereocenters. The molecule has 3 nitrogen and oxygen atoms in total. The van der Waals surface area contributed by atoms with E-state index in [9.17, 15) is 9.90 Å². The van der Waals surface area contributed by atoms with Crippen LogP contribution in [0.5, 0.6) is 0 Å². The van der Waals surface area contributed by atoms with Crippen molar-refractivity contribution in [2.24, 2.45) is 0 Å². The van der Waals surface area contributed by atoms with Gasteiger partial charge >= 0.3 is 5.97 Å². The first-order valence-corrected chi connectivity index (χ1v) is 12.3. The fourth-order valence-electron chi connectivity index (χ4n) is 3.26. The van der Waals surface area contributed by atoms with Crippen LogP contribution in [0.15, 0.2) is 54.8 Å². The van der Waals surface area contributed by atoms with E-state index in [4.69, 9.17) is 4.43 Å². The molecule has 0 fully saturated rings. The molecule has 1 aliphatic rings. The van der Waals surface area contributed by atoms with Gasteiger partial charge in [0.05, 0.1) is 6.26 Å². The normalized spacial score (nSPS) is 14.7. The SMILES string of the molecule is CC(C)(C)[Si](C)(C)O/C=C\C(C(=O)O)c1cccc2c1-c1ccccc1C2. The van der Waals surface area contributed by atoms with Gasteiger partial charge in [0.15, 0.2) is 0 Å². The van der Waals surface area contributed by atoms with Gasteiger partial charge in [-0.1, -0.05) is 63.2 Å². The van der Waals surface area contributed by atoms with E-state index in [2.05, 4.69) is 52.1 Å². The van der Waals surface area contributed by atoms with Crippen LogP contribution in [0.4, 0.5) is 0 Å².